The van der Waals surface area contributed by atoms with Gasteiger partial charge >= 0.3 is 0 Å². The first-order valence-corrected chi connectivity index (χ1v) is 6.38. The fourth-order valence-electron chi connectivity index (χ4n) is 1.74. The van der Waals surface area contributed by atoms with Crippen LogP contribution in [0.2, 0.25) is 0 Å². The summed E-state index contributed by atoms with van der Waals surface area (Å²) in [5.74, 6) is 1.10. The highest BCUT2D eigenvalue weighted by atomic mass is 32.2. The maximum atomic E-state index is 2.30. The number of hydrogen-bond donors (Lipinski definition) is 0. The quantitative estimate of drug-likeness (QED) is 0.759. The highest BCUT2D eigenvalue weighted by Crippen LogP contribution is 2.23. The van der Waals surface area contributed by atoms with Crippen molar-refractivity contribution in [2.75, 3.05) is 0 Å². The summed E-state index contributed by atoms with van der Waals surface area (Å²) < 4.78 is 2.30. The largest absolute Gasteiger partial charge is 0.347 e. The Morgan fingerprint density at radius 3 is 2.67 bits per heavy atom. The molecule has 1 heterocycles. The van der Waals surface area contributed by atoms with E-state index >= 15 is 0 Å². The number of rotatable bonds is 3. The molecule has 0 fully saturated rings. The van der Waals surface area contributed by atoms with Crippen LogP contribution in [-0.2, 0) is 12.8 Å². The predicted octanol–water partition coefficient (Wildman–Crippen LogP) is 3.82. The number of benzene rings is 1. The van der Waals surface area contributed by atoms with E-state index in [0.29, 0.717) is 5.25 Å². The van der Waals surface area contributed by atoms with Crippen LogP contribution >= 0.6 is 11.8 Å². The van der Waals surface area contributed by atoms with Gasteiger partial charge in [-0.1, -0.05) is 32.0 Å². The number of para-hydroxylation sites is 1. The highest BCUT2D eigenvalue weighted by Gasteiger charge is 2.05. The van der Waals surface area contributed by atoms with Crippen molar-refractivity contribution >= 4 is 22.7 Å². The van der Waals surface area contributed by atoms with Gasteiger partial charge in [-0.2, -0.15) is 11.8 Å². The van der Waals surface area contributed by atoms with E-state index in [0.717, 1.165) is 5.75 Å². The Morgan fingerprint density at radius 2 is 2.00 bits per heavy atom. The molecule has 0 saturated heterocycles. The molecule has 0 amide bonds. The molecular formula is C13H17NS. The average Bonchev–Trinajstić information content (AvgIpc) is 2.54. The number of fused-ring (bicyclic) bond motifs is 1. The Labute approximate surface area is 95.5 Å². The van der Waals surface area contributed by atoms with Crippen LogP contribution < -0.4 is 0 Å². The predicted molar refractivity (Wildman–Crippen MR) is 69.4 cm³/mol. The first-order chi connectivity index (χ1) is 7.18. The average molecular weight is 219 g/mol. The van der Waals surface area contributed by atoms with Crippen molar-refractivity contribution in [1.82, 2.24) is 4.57 Å². The zero-order valence-electron chi connectivity index (χ0n) is 9.53. The zero-order valence-corrected chi connectivity index (χ0v) is 10.3. The van der Waals surface area contributed by atoms with E-state index in [2.05, 4.69) is 55.8 Å². The molecule has 0 aliphatic heterocycles. The summed E-state index contributed by atoms with van der Waals surface area (Å²) in [6.45, 7) is 4.49. The van der Waals surface area contributed by atoms with Crippen molar-refractivity contribution in [2.24, 2.45) is 7.05 Å². The molecule has 0 saturated carbocycles. The first kappa shape index (κ1) is 10.6. The zero-order chi connectivity index (χ0) is 10.8. The molecule has 15 heavy (non-hydrogen) atoms. The van der Waals surface area contributed by atoms with Crippen molar-refractivity contribution in [2.45, 2.75) is 24.9 Å². The van der Waals surface area contributed by atoms with E-state index in [4.69, 9.17) is 0 Å². The molecular weight excluding hydrogens is 202 g/mol. The van der Waals surface area contributed by atoms with Crippen LogP contribution in [-0.4, -0.2) is 9.82 Å². The first-order valence-electron chi connectivity index (χ1n) is 5.33. The van der Waals surface area contributed by atoms with Crippen molar-refractivity contribution in [3.05, 3.63) is 36.0 Å². The maximum Gasteiger partial charge on any atom is 0.0480 e. The van der Waals surface area contributed by atoms with E-state index < -0.39 is 0 Å². The van der Waals surface area contributed by atoms with Gasteiger partial charge in [0.15, 0.2) is 0 Å². The molecule has 0 spiro atoms. The molecule has 0 radical (unpaired) electrons. The van der Waals surface area contributed by atoms with Gasteiger partial charge in [0.05, 0.1) is 0 Å². The van der Waals surface area contributed by atoms with E-state index in [-0.39, 0.29) is 0 Å². The van der Waals surface area contributed by atoms with Crippen LogP contribution in [0.4, 0.5) is 0 Å². The van der Waals surface area contributed by atoms with Crippen molar-refractivity contribution in [1.29, 1.82) is 0 Å². The number of hydrogen-bond acceptors (Lipinski definition) is 1. The number of aromatic nitrogens is 1. The number of thioether (sulfide) groups is 1. The number of aryl methyl sites for hydroxylation is 1. The lowest BCUT2D eigenvalue weighted by atomic mass is 10.2. The topological polar surface area (TPSA) is 4.93 Å². The molecule has 0 N–H and O–H groups in total. The monoisotopic (exact) mass is 219 g/mol. The lowest BCUT2D eigenvalue weighted by Crippen LogP contribution is -1.96. The lowest BCUT2D eigenvalue weighted by molar-refractivity contribution is 0.907. The number of nitrogens with zero attached hydrogens (tertiary/aromatic N) is 1. The highest BCUT2D eigenvalue weighted by molar-refractivity contribution is 7.99. The van der Waals surface area contributed by atoms with E-state index in [1.165, 1.54) is 16.6 Å². The SMILES string of the molecule is CC(C)SCc1cc2ccccc2n1C. The van der Waals surface area contributed by atoms with Gasteiger partial charge in [-0.25, -0.2) is 0 Å². The summed E-state index contributed by atoms with van der Waals surface area (Å²) in [6, 6.07) is 10.9. The molecule has 0 bridgehead atoms. The van der Waals surface area contributed by atoms with Crippen LogP contribution in [0.15, 0.2) is 30.3 Å². The molecule has 80 valence electrons. The molecule has 0 atom stereocenters. The Kier molecular flexibility index (Phi) is 3.06. The van der Waals surface area contributed by atoms with Crippen molar-refractivity contribution < 1.29 is 0 Å². The van der Waals surface area contributed by atoms with Crippen molar-refractivity contribution in [3.63, 3.8) is 0 Å². The molecule has 1 aromatic carbocycles. The standard InChI is InChI=1S/C13H17NS/c1-10(2)15-9-12-8-11-6-4-5-7-13(11)14(12)3/h4-8,10H,9H2,1-3H3. The minimum atomic E-state index is 0.697. The van der Waals surface area contributed by atoms with E-state index in [1.807, 2.05) is 11.8 Å². The Bertz CT molecular complexity index is 457. The second kappa shape index (κ2) is 4.31. The molecule has 2 aromatic rings. The lowest BCUT2D eigenvalue weighted by Gasteiger charge is -2.06. The van der Waals surface area contributed by atoms with Crippen molar-refractivity contribution in [3.8, 4) is 0 Å². The fourth-order valence-corrected chi connectivity index (χ4v) is 2.52. The van der Waals surface area contributed by atoms with Gasteiger partial charge in [-0.3, -0.25) is 0 Å². The maximum absolute atomic E-state index is 2.30. The van der Waals surface area contributed by atoms with Gasteiger partial charge in [0.1, 0.15) is 0 Å². The van der Waals surface area contributed by atoms with Crippen LogP contribution in [0.1, 0.15) is 19.5 Å². The minimum Gasteiger partial charge on any atom is -0.347 e. The third-order valence-electron chi connectivity index (χ3n) is 2.62. The van der Waals surface area contributed by atoms with Gasteiger partial charge < -0.3 is 4.57 Å². The summed E-state index contributed by atoms with van der Waals surface area (Å²) in [5, 5.41) is 2.04. The van der Waals surface area contributed by atoms with Gasteiger partial charge in [0, 0.05) is 24.0 Å². The molecule has 2 rings (SSSR count). The normalized spacial score (nSPS) is 11.5. The summed E-state index contributed by atoms with van der Waals surface area (Å²) in [6.07, 6.45) is 0. The van der Waals surface area contributed by atoms with Gasteiger partial charge in [0.25, 0.3) is 0 Å². The summed E-state index contributed by atoms with van der Waals surface area (Å²) in [5.41, 5.74) is 2.74. The molecule has 1 nitrogen and oxygen atoms in total. The van der Waals surface area contributed by atoms with Crippen LogP contribution in [0.25, 0.3) is 10.9 Å². The smallest absolute Gasteiger partial charge is 0.0480 e. The van der Waals surface area contributed by atoms with Crippen LogP contribution in [0.5, 0.6) is 0 Å². The van der Waals surface area contributed by atoms with Crippen LogP contribution in [0, 0.1) is 0 Å². The van der Waals surface area contributed by atoms with Gasteiger partial charge in [-0.05, 0) is 22.8 Å². The molecule has 0 aliphatic carbocycles. The summed E-state index contributed by atoms with van der Waals surface area (Å²) >= 11 is 1.99. The summed E-state index contributed by atoms with van der Waals surface area (Å²) in [4.78, 5) is 0. The van der Waals surface area contributed by atoms with E-state index in [1.54, 1.807) is 0 Å². The van der Waals surface area contributed by atoms with Gasteiger partial charge in [-0.15, -0.1) is 0 Å². The fraction of sp³-hybridized carbons (Fsp3) is 0.385. The minimum absolute atomic E-state index is 0.697. The Morgan fingerprint density at radius 1 is 1.27 bits per heavy atom. The Hall–Kier alpha value is -0.890. The second-order valence-electron chi connectivity index (χ2n) is 4.11. The third-order valence-corrected chi connectivity index (χ3v) is 3.74. The third kappa shape index (κ3) is 2.20. The van der Waals surface area contributed by atoms with Gasteiger partial charge in [0.2, 0.25) is 0 Å². The Balaban J connectivity index is 2.32. The molecule has 2 heteroatoms. The molecule has 1 aromatic heterocycles. The molecule has 0 unspecified atom stereocenters. The van der Waals surface area contributed by atoms with Crippen LogP contribution in [0.3, 0.4) is 0 Å². The summed E-state index contributed by atoms with van der Waals surface area (Å²) in [7, 11) is 2.15. The molecule has 0 aliphatic rings. The second-order valence-corrected chi connectivity index (χ2v) is 5.68. The van der Waals surface area contributed by atoms with E-state index in [9.17, 15) is 0 Å².